The van der Waals surface area contributed by atoms with E-state index in [-0.39, 0.29) is 0 Å². The Morgan fingerprint density at radius 1 is 0.810 bits per heavy atom. The van der Waals surface area contributed by atoms with Gasteiger partial charge in [-0.3, -0.25) is 0 Å². The Morgan fingerprint density at radius 2 is 1.48 bits per heavy atom. The third-order valence-corrected chi connectivity index (χ3v) is 3.43. The van der Waals surface area contributed by atoms with Crippen molar-refractivity contribution in [3.63, 3.8) is 0 Å². The molecule has 0 saturated carbocycles. The standard InChI is InChI=1S/C16H14O5/c1-18-9-4-5-10-11-7-14(19-2)15(20-3)8-12(11)16(17)21-13(10)6-9/h4-8H,1-3H3. The van der Waals surface area contributed by atoms with Crippen molar-refractivity contribution in [2.24, 2.45) is 0 Å². The predicted octanol–water partition coefficient (Wildman–Crippen LogP) is 2.97. The minimum absolute atomic E-state index is 0.424. The van der Waals surface area contributed by atoms with Gasteiger partial charge in [-0.25, -0.2) is 4.79 Å². The molecule has 5 heteroatoms. The Morgan fingerprint density at radius 3 is 2.10 bits per heavy atom. The number of rotatable bonds is 3. The molecule has 108 valence electrons. The molecule has 0 aliphatic heterocycles. The molecular formula is C16H14O5. The van der Waals surface area contributed by atoms with Crippen molar-refractivity contribution in [2.75, 3.05) is 21.3 Å². The molecule has 0 bridgehead atoms. The van der Waals surface area contributed by atoms with Crippen LogP contribution >= 0.6 is 0 Å². The molecule has 0 radical (unpaired) electrons. The molecular weight excluding hydrogens is 272 g/mol. The summed E-state index contributed by atoms with van der Waals surface area (Å²) in [6, 6.07) is 8.76. The summed E-state index contributed by atoms with van der Waals surface area (Å²) >= 11 is 0. The molecule has 0 N–H and O–H groups in total. The molecule has 0 saturated heterocycles. The van der Waals surface area contributed by atoms with E-state index in [1.54, 1.807) is 32.4 Å². The molecule has 1 aromatic heterocycles. The first-order chi connectivity index (χ1) is 10.2. The summed E-state index contributed by atoms with van der Waals surface area (Å²) < 4.78 is 21.0. The number of hydrogen-bond acceptors (Lipinski definition) is 5. The molecule has 0 atom stereocenters. The zero-order valence-corrected chi connectivity index (χ0v) is 11.9. The van der Waals surface area contributed by atoms with Gasteiger partial charge in [0.1, 0.15) is 11.3 Å². The van der Waals surface area contributed by atoms with Crippen LogP contribution in [0, 0.1) is 0 Å². The highest BCUT2D eigenvalue weighted by atomic mass is 16.5. The average Bonchev–Trinajstić information content (AvgIpc) is 2.53. The third kappa shape index (κ3) is 2.07. The number of benzene rings is 2. The van der Waals surface area contributed by atoms with Gasteiger partial charge in [0, 0.05) is 16.8 Å². The van der Waals surface area contributed by atoms with Crippen molar-refractivity contribution in [3.8, 4) is 17.2 Å². The monoisotopic (exact) mass is 286 g/mol. The van der Waals surface area contributed by atoms with Crippen LogP contribution in [0.25, 0.3) is 21.7 Å². The van der Waals surface area contributed by atoms with Crippen LogP contribution in [0.15, 0.2) is 39.5 Å². The van der Waals surface area contributed by atoms with Crippen LogP contribution in [0.1, 0.15) is 0 Å². The van der Waals surface area contributed by atoms with Gasteiger partial charge in [-0.2, -0.15) is 0 Å². The van der Waals surface area contributed by atoms with Crippen LogP contribution in [0.3, 0.4) is 0 Å². The number of ether oxygens (including phenoxy) is 3. The highest BCUT2D eigenvalue weighted by molar-refractivity contribution is 6.05. The zero-order valence-electron chi connectivity index (χ0n) is 11.9. The smallest absolute Gasteiger partial charge is 0.344 e. The Kier molecular flexibility index (Phi) is 3.17. The Balaban J connectivity index is 2.45. The van der Waals surface area contributed by atoms with Gasteiger partial charge in [0.05, 0.1) is 26.7 Å². The van der Waals surface area contributed by atoms with Crippen molar-refractivity contribution in [1.29, 1.82) is 0 Å². The molecule has 2 aromatic carbocycles. The summed E-state index contributed by atoms with van der Waals surface area (Å²) in [5, 5.41) is 2.01. The van der Waals surface area contributed by atoms with Gasteiger partial charge in [-0.1, -0.05) is 0 Å². The number of hydrogen-bond donors (Lipinski definition) is 0. The molecule has 0 fully saturated rings. The minimum Gasteiger partial charge on any atom is -0.497 e. The van der Waals surface area contributed by atoms with Gasteiger partial charge in [0.2, 0.25) is 0 Å². The highest BCUT2D eigenvalue weighted by Crippen LogP contribution is 2.34. The topological polar surface area (TPSA) is 57.9 Å². The lowest BCUT2D eigenvalue weighted by Gasteiger charge is -2.10. The van der Waals surface area contributed by atoms with E-state index in [9.17, 15) is 4.79 Å². The average molecular weight is 286 g/mol. The van der Waals surface area contributed by atoms with Gasteiger partial charge in [0.15, 0.2) is 11.5 Å². The SMILES string of the molecule is COc1ccc2c(c1)oc(=O)c1cc(OC)c(OC)cc12. The van der Waals surface area contributed by atoms with Gasteiger partial charge in [-0.05, 0) is 24.3 Å². The van der Waals surface area contributed by atoms with Crippen molar-refractivity contribution >= 4 is 21.7 Å². The number of methoxy groups -OCH3 is 3. The van der Waals surface area contributed by atoms with Gasteiger partial charge < -0.3 is 18.6 Å². The van der Waals surface area contributed by atoms with Gasteiger partial charge in [-0.15, -0.1) is 0 Å². The molecule has 0 spiro atoms. The molecule has 3 rings (SSSR count). The van der Waals surface area contributed by atoms with E-state index in [1.807, 2.05) is 12.1 Å². The van der Waals surface area contributed by atoms with E-state index in [0.717, 1.165) is 10.8 Å². The van der Waals surface area contributed by atoms with E-state index in [4.69, 9.17) is 18.6 Å². The fourth-order valence-corrected chi connectivity index (χ4v) is 2.36. The van der Waals surface area contributed by atoms with E-state index in [0.29, 0.717) is 28.2 Å². The first kappa shape index (κ1) is 13.3. The lowest BCUT2D eigenvalue weighted by Crippen LogP contribution is -2.01. The van der Waals surface area contributed by atoms with Crippen LogP contribution in [0.2, 0.25) is 0 Å². The lowest BCUT2D eigenvalue weighted by molar-refractivity contribution is 0.355. The first-order valence-electron chi connectivity index (χ1n) is 6.34. The van der Waals surface area contributed by atoms with E-state index < -0.39 is 5.63 Å². The normalized spacial score (nSPS) is 10.8. The second kappa shape index (κ2) is 5.01. The predicted molar refractivity (Wildman–Crippen MR) is 79.6 cm³/mol. The summed E-state index contributed by atoms with van der Waals surface area (Å²) in [5.41, 5.74) is 0.0470. The maximum absolute atomic E-state index is 12.2. The van der Waals surface area contributed by atoms with Crippen molar-refractivity contribution in [2.45, 2.75) is 0 Å². The fraction of sp³-hybridized carbons (Fsp3) is 0.188. The van der Waals surface area contributed by atoms with E-state index >= 15 is 0 Å². The molecule has 3 aromatic rings. The maximum Gasteiger partial charge on any atom is 0.344 e. The van der Waals surface area contributed by atoms with E-state index in [2.05, 4.69) is 0 Å². The summed E-state index contributed by atoms with van der Waals surface area (Å²) in [5.74, 6) is 1.68. The lowest BCUT2D eigenvalue weighted by atomic mass is 10.1. The largest absolute Gasteiger partial charge is 0.497 e. The van der Waals surface area contributed by atoms with Gasteiger partial charge >= 0.3 is 5.63 Å². The van der Waals surface area contributed by atoms with Crippen molar-refractivity contribution in [3.05, 3.63) is 40.8 Å². The van der Waals surface area contributed by atoms with Crippen molar-refractivity contribution in [1.82, 2.24) is 0 Å². The van der Waals surface area contributed by atoms with Crippen LogP contribution in [0.4, 0.5) is 0 Å². The summed E-state index contributed by atoms with van der Waals surface area (Å²) in [4.78, 5) is 12.2. The Hall–Kier alpha value is -2.69. The summed E-state index contributed by atoms with van der Waals surface area (Å²) in [7, 11) is 4.64. The molecule has 0 unspecified atom stereocenters. The molecule has 1 heterocycles. The minimum atomic E-state index is -0.424. The van der Waals surface area contributed by atoms with Crippen LogP contribution in [-0.2, 0) is 0 Å². The highest BCUT2D eigenvalue weighted by Gasteiger charge is 2.13. The molecule has 5 nitrogen and oxygen atoms in total. The second-order valence-electron chi connectivity index (χ2n) is 4.50. The Bertz CT molecular complexity index is 879. The summed E-state index contributed by atoms with van der Waals surface area (Å²) in [6.07, 6.45) is 0. The first-order valence-corrected chi connectivity index (χ1v) is 6.34. The second-order valence-corrected chi connectivity index (χ2v) is 4.50. The van der Waals surface area contributed by atoms with E-state index in [1.165, 1.54) is 7.11 Å². The van der Waals surface area contributed by atoms with Crippen LogP contribution in [0.5, 0.6) is 17.2 Å². The van der Waals surface area contributed by atoms with Crippen LogP contribution < -0.4 is 19.8 Å². The zero-order chi connectivity index (χ0) is 15.0. The third-order valence-electron chi connectivity index (χ3n) is 3.43. The molecule has 21 heavy (non-hydrogen) atoms. The molecule has 0 amide bonds. The summed E-state index contributed by atoms with van der Waals surface area (Å²) in [6.45, 7) is 0. The van der Waals surface area contributed by atoms with Gasteiger partial charge in [0.25, 0.3) is 0 Å². The fourth-order valence-electron chi connectivity index (χ4n) is 2.36. The van der Waals surface area contributed by atoms with Crippen LogP contribution in [-0.4, -0.2) is 21.3 Å². The maximum atomic E-state index is 12.2. The molecule has 0 aliphatic rings. The van der Waals surface area contributed by atoms with Crippen molar-refractivity contribution < 1.29 is 18.6 Å². The Labute approximate surface area is 120 Å². The molecule has 0 aliphatic carbocycles. The quantitative estimate of drug-likeness (QED) is 0.547. The number of fused-ring (bicyclic) bond motifs is 3.